The number of hydrogen-bond acceptors (Lipinski definition) is 1. The molecule has 0 saturated heterocycles. The molecule has 1 nitrogen and oxygen atoms in total. The van der Waals surface area contributed by atoms with Crippen LogP contribution in [-0.2, 0) is 4.74 Å². The van der Waals surface area contributed by atoms with Gasteiger partial charge in [-0.25, -0.2) is 0 Å². The van der Waals surface area contributed by atoms with E-state index in [2.05, 4.69) is 6.08 Å². The van der Waals surface area contributed by atoms with Gasteiger partial charge in [-0.2, -0.15) is 0 Å². The summed E-state index contributed by atoms with van der Waals surface area (Å²) in [5.41, 5.74) is 0. The van der Waals surface area contributed by atoms with Crippen molar-refractivity contribution >= 4 is 0 Å². The van der Waals surface area contributed by atoms with Crippen LogP contribution in [0, 0.1) is 0 Å². The average molecular weight is 138 g/mol. The average Bonchev–Trinajstić information content (AvgIpc) is 2.41. The molecule has 0 aliphatic heterocycles. The first kappa shape index (κ1) is 7.39. The summed E-state index contributed by atoms with van der Waals surface area (Å²) >= 11 is 0. The third-order valence-electron chi connectivity index (χ3n) is 1.60. The molecule has 0 N–H and O–H groups in total. The fraction of sp³-hybridized carbons (Fsp3) is 0.556. The highest BCUT2D eigenvalue weighted by molar-refractivity contribution is 4.99. The van der Waals surface area contributed by atoms with E-state index in [-0.39, 0.29) is 0 Å². The van der Waals surface area contributed by atoms with Crippen molar-refractivity contribution in [2.75, 3.05) is 6.61 Å². The number of allylic oxidation sites excluding steroid dienone is 3. The lowest BCUT2D eigenvalue weighted by Gasteiger charge is -2.01. The van der Waals surface area contributed by atoms with Crippen LogP contribution in [-0.4, -0.2) is 6.61 Å². The Hall–Kier alpha value is -0.720. The monoisotopic (exact) mass is 138 g/mol. The van der Waals surface area contributed by atoms with Gasteiger partial charge in [0.05, 0.1) is 5.76 Å². The summed E-state index contributed by atoms with van der Waals surface area (Å²) in [6, 6.07) is 0. The second-order valence-corrected chi connectivity index (χ2v) is 2.44. The SMILES string of the molecule is C/C=C/COC1=CCCC1. The zero-order chi connectivity index (χ0) is 7.23. The standard InChI is InChI=1S/C9H14O/c1-2-3-8-10-9-6-4-5-7-9/h2-3,6H,4-5,7-8H2,1H3/b3-2+. The lowest BCUT2D eigenvalue weighted by atomic mass is 10.4. The van der Waals surface area contributed by atoms with Gasteiger partial charge in [-0.3, -0.25) is 0 Å². The maximum absolute atomic E-state index is 5.42. The van der Waals surface area contributed by atoms with E-state index in [0.717, 1.165) is 13.0 Å². The molecule has 0 aromatic heterocycles. The van der Waals surface area contributed by atoms with Crippen LogP contribution in [0.1, 0.15) is 26.2 Å². The van der Waals surface area contributed by atoms with Crippen molar-refractivity contribution in [3.05, 3.63) is 24.0 Å². The van der Waals surface area contributed by atoms with Crippen LogP contribution in [0.25, 0.3) is 0 Å². The Balaban J connectivity index is 2.12. The molecule has 1 aliphatic rings. The highest BCUT2D eigenvalue weighted by Crippen LogP contribution is 2.17. The van der Waals surface area contributed by atoms with Gasteiger partial charge in [0.1, 0.15) is 6.61 Å². The molecule has 0 heterocycles. The molecule has 1 heteroatoms. The first-order valence-electron chi connectivity index (χ1n) is 3.86. The Morgan fingerprint density at radius 3 is 3.20 bits per heavy atom. The molecule has 0 fully saturated rings. The molecule has 0 atom stereocenters. The van der Waals surface area contributed by atoms with Crippen LogP contribution in [0.4, 0.5) is 0 Å². The second-order valence-electron chi connectivity index (χ2n) is 2.44. The topological polar surface area (TPSA) is 9.23 Å². The Bertz CT molecular complexity index is 145. The van der Waals surface area contributed by atoms with Gasteiger partial charge in [0, 0.05) is 6.42 Å². The molecule has 0 aromatic carbocycles. The predicted molar refractivity (Wildman–Crippen MR) is 42.7 cm³/mol. The van der Waals surface area contributed by atoms with Crippen molar-refractivity contribution in [2.24, 2.45) is 0 Å². The number of ether oxygens (including phenoxy) is 1. The molecular weight excluding hydrogens is 124 g/mol. The highest BCUT2D eigenvalue weighted by atomic mass is 16.5. The molecule has 1 aliphatic carbocycles. The fourth-order valence-electron chi connectivity index (χ4n) is 1.02. The first-order chi connectivity index (χ1) is 4.93. The van der Waals surface area contributed by atoms with Gasteiger partial charge in [0.15, 0.2) is 0 Å². The summed E-state index contributed by atoms with van der Waals surface area (Å²) in [7, 11) is 0. The van der Waals surface area contributed by atoms with Crippen LogP contribution >= 0.6 is 0 Å². The quantitative estimate of drug-likeness (QED) is 0.545. The van der Waals surface area contributed by atoms with Gasteiger partial charge in [-0.1, -0.05) is 12.2 Å². The van der Waals surface area contributed by atoms with E-state index in [0.29, 0.717) is 0 Å². The molecule has 10 heavy (non-hydrogen) atoms. The van der Waals surface area contributed by atoms with E-state index in [9.17, 15) is 0 Å². The smallest absolute Gasteiger partial charge is 0.106 e. The largest absolute Gasteiger partial charge is 0.494 e. The van der Waals surface area contributed by atoms with Crippen LogP contribution < -0.4 is 0 Å². The third kappa shape index (κ3) is 2.26. The molecule has 0 amide bonds. The van der Waals surface area contributed by atoms with Crippen molar-refractivity contribution in [3.8, 4) is 0 Å². The van der Waals surface area contributed by atoms with E-state index in [1.165, 1.54) is 18.6 Å². The van der Waals surface area contributed by atoms with Crippen molar-refractivity contribution < 1.29 is 4.74 Å². The summed E-state index contributed by atoms with van der Waals surface area (Å²) in [5.74, 6) is 1.18. The summed E-state index contributed by atoms with van der Waals surface area (Å²) in [6.45, 7) is 2.74. The Kier molecular flexibility index (Phi) is 3.07. The van der Waals surface area contributed by atoms with Crippen molar-refractivity contribution in [3.63, 3.8) is 0 Å². The van der Waals surface area contributed by atoms with Crippen LogP contribution in [0.5, 0.6) is 0 Å². The lowest BCUT2D eigenvalue weighted by Crippen LogP contribution is -1.87. The molecule has 56 valence electrons. The predicted octanol–water partition coefficient (Wildman–Crippen LogP) is 2.65. The summed E-state index contributed by atoms with van der Waals surface area (Å²) in [4.78, 5) is 0. The first-order valence-corrected chi connectivity index (χ1v) is 3.86. The summed E-state index contributed by atoms with van der Waals surface area (Å²) < 4.78 is 5.42. The van der Waals surface area contributed by atoms with Gasteiger partial charge in [0.25, 0.3) is 0 Å². The molecular formula is C9H14O. The molecule has 0 saturated carbocycles. The molecule has 0 unspecified atom stereocenters. The number of rotatable bonds is 3. The van der Waals surface area contributed by atoms with E-state index in [4.69, 9.17) is 4.74 Å². The van der Waals surface area contributed by atoms with Gasteiger partial charge >= 0.3 is 0 Å². The minimum Gasteiger partial charge on any atom is -0.494 e. The molecule has 0 radical (unpaired) electrons. The van der Waals surface area contributed by atoms with Gasteiger partial charge < -0.3 is 4.74 Å². The van der Waals surface area contributed by atoms with Crippen molar-refractivity contribution in [2.45, 2.75) is 26.2 Å². The minimum atomic E-state index is 0.738. The maximum Gasteiger partial charge on any atom is 0.106 e. The lowest BCUT2D eigenvalue weighted by molar-refractivity contribution is 0.240. The third-order valence-corrected chi connectivity index (χ3v) is 1.60. The minimum absolute atomic E-state index is 0.738. The van der Waals surface area contributed by atoms with Gasteiger partial charge in [-0.05, 0) is 25.8 Å². The van der Waals surface area contributed by atoms with E-state index in [1.807, 2.05) is 19.1 Å². The van der Waals surface area contributed by atoms with Crippen molar-refractivity contribution in [1.29, 1.82) is 0 Å². The van der Waals surface area contributed by atoms with Crippen LogP contribution in [0.15, 0.2) is 24.0 Å². The Labute approximate surface area is 62.4 Å². The molecule has 1 rings (SSSR count). The van der Waals surface area contributed by atoms with Crippen LogP contribution in [0.3, 0.4) is 0 Å². The summed E-state index contributed by atoms with van der Waals surface area (Å²) in [5, 5.41) is 0. The fourth-order valence-corrected chi connectivity index (χ4v) is 1.02. The van der Waals surface area contributed by atoms with E-state index >= 15 is 0 Å². The summed E-state index contributed by atoms with van der Waals surface area (Å²) in [6.07, 6.45) is 9.83. The number of hydrogen-bond donors (Lipinski definition) is 0. The van der Waals surface area contributed by atoms with E-state index in [1.54, 1.807) is 0 Å². The van der Waals surface area contributed by atoms with Crippen molar-refractivity contribution in [1.82, 2.24) is 0 Å². The molecule has 0 bridgehead atoms. The zero-order valence-corrected chi connectivity index (χ0v) is 6.47. The maximum atomic E-state index is 5.42. The zero-order valence-electron chi connectivity index (χ0n) is 6.47. The van der Waals surface area contributed by atoms with Gasteiger partial charge in [-0.15, -0.1) is 0 Å². The van der Waals surface area contributed by atoms with E-state index < -0.39 is 0 Å². The molecule has 0 aromatic rings. The highest BCUT2D eigenvalue weighted by Gasteiger charge is 2.02. The Morgan fingerprint density at radius 1 is 1.70 bits per heavy atom. The molecule has 0 spiro atoms. The van der Waals surface area contributed by atoms with Gasteiger partial charge in [0.2, 0.25) is 0 Å². The second kappa shape index (κ2) is 4.15. The normalized spacial score (nSPS) is 17.9. The Morgan fingerprint density at radius 2 is 2.60 bits per heavy atom. The van der Waals surface area contributed by atoms with Crippen LogP contribution in [0.2, 0.25) is 0 Å².